The SMILES string of the molecule is O=C1C[C@@H](Sc2cccc(NC(=S)Nc3ccccc3)c2)C(=O)N1c1ccc(Cl)c(Cl)c1. The molecule has 0 aromatic heterocycles. The molecule has 1 aliphatic heterocycles. The van der Waals surface area contributed by atoms with E-state index in [2.05, 4.69) is 10.6 Å². The molecule has 4 rings (SSSR count). The minimum Gasteiger partial charge on any atom is -0.332 e. The summed E-state index contributed by atoms with van der Waals surface area (Å²) < 4.78 is 0. The third kappa shape index (κ3) is 5.24. The molecule has 0 bridgehead atoms. The molecule has 9 heteroatoms. The van der Waals surface area contributed by atoms with Crippen molar-refractivity contribution >= 4 is 81.2 Å². The monoisotopic (exact) mass is 501 g/mol. The number of imide groups is 1. The molecular weight excluding hydrogens is 485 g/mol. The van der Waals surface area contributed by atoms with E-state index < -0.39 is 5.25 Å². The number of para-hydroxylation sites is 1. The number of benzene rings is 3. The Morgan fingerprint density at radius 1 is 0.906 bits per heavy atom. The summed E-state index contributed by atoms with van der Waals surface area (Å²) in [4.78, 5) is 27.5. The van der Waals surface area contributed by atoms with Crippen LogP contribution in [0.5, 0.6) is 0 Å². The Labute approximate surface area is 205 Å². The minimum absolute atomic E-state index is 0.107. The second-order valence-corrected chi connectivity index (χ2v) is 9.45. The van der Waals surface area contributed by atoms with E-state index in [1.54, 1.807) is 12.1 Å². The Bertz CT molecular complexity index is 1190. The Kier molecular flexibility index (Phi) is 7.01. The van der Waals surface area contributed by atoms with E-state index in [4.69, 9.17) is 35.4 Å². The van der Waals surface area contributed by atoms with Gasteiger partial charge < -0.3 is 10.6 Å². The Morgan fingerprint density at radius 3 is 2.38 bits per heavy atom. The fraction of sp³-hybridized carbons (Fsp3) is 0.0870. The summed E-state index contributed by atoms with van der Waals surface area (Å²) in [6.45, 7) is 0. The lowest BCUT2D eigenvalue weighted by Gasteiger charge is -2.16. The second kappa shape index (κ2) is 9.92. The van der Waals surface area contributed by atoms with Crippen LogP contribution in [0.3, 0.4) is 0 Å². The zero-order valence-corrected chi connectivity index (χ0v) is 19.7. The molecule has 5 nitrogen and oxygen atoms in total. The van der Waals surface area contributed by atoms with Crippen molar-refractivity contribution < 1.29 is 9.59 Å². The van der Waals surface area contributed by atoms with Crippen LogP contribution in [0.2, 0.25) is 10.0 Å². The molecule has 2 amide bonds. The van der Waals surface area contributed by atoms with Crippen molar-refractivity contribution in [3.63, 3.8) is 0 Å². The van der Waals surface area contributed by atoms with E-state index in [1.165, 1.54) is 22.7 Å². The van der Waals surface area contributed by atoms with Crippen LogP contribution in [-0.4, -0.2) is 22.2 Å². The van der Waals surface area contributed by atoms with E-state index in [-0.39, 0.29) is 18.2 Å². The van der Waals surface area contributed by atoms with Gasteiger partial charge in [-0.1, -0.05) is 47.5 Å². The maximum atomic E-state index is 12.9. The quantitative estimate of drug-likeness (QED) is 0.319. The van der Waals surface area contributed by atoms with Gasteiger partial charge in [-0.15, -0.1) is 11.8 Å². The topological polar surface area (TPSA) is 61.4 Å². The first-order valence-corrected chi connectivity index (χ1v) is 11.7. The normalized spacial score (nSPS) is 15.7. The molecule has 0 unspecified atom stereocenters. The van der Waals surface area contributed by atoms with Gasteiger partial charge in [0.15, 0.2) is 5.11 Å². The first-order chi connectivity index (χ1) is 15.4. The number of carbonyl (C=O) groups excluding carboxylic acids is 2. The maximum absolute atomic E-state index is 12.9. The predicted molar refractivity (Wildman–Crippen MR) is 136 cm³/mol. The summed E-state index contributed by atoms with van der Waals surface area (Å²) in [5, 5.41) is 6.84. The molecule has 1 heterocycles. The molecule has 0 aliphatic carbocycles. The van der Waals surface area contributed by atoms with Crippen molar-refractivity contribution in [2.45, 2.75) is 16.6 Å². The average molecular weight is 502 g/mol. The molecule has 0 spiro atoms. The first-order valence-electron chi connectivity index (χ1n) is 9.62. The van der Waals surface area contributed by atoms with Crippen molar-refractivity contribution in [1.29, 1.82) is 0 Å². The highest BCUT2D eigenvalue weighted by Gasteiger charge is 2.40. The number of hydrogen-bond donors (Lipinski definition) is 2. The molecular formula is C23H17Cl2N3O2S2. The molecule has 1 saturated heterocycles. The van der Waals surface area contributed by atoms with Gasteiger partial charge in [0, 0.05) is 22.7 Å². The van der Waals surface area contributed by atoms with Crippen LogP contribution in [0.15, 0.2) is 77.7 Å². The number of rotatable bonds is 5. The van der Waals surface area contributed by atoms with Crippen LogP contribution in [0.4, 0.5) is 17.1 Å². The molecule has 0 saturated carbocycles. The van der Waals surface area contributed by atoms with Crippen molar-refractivity contribution in [1.82, 2.24) is 0 Å². The lowest BCUT2D eigenvalue weighted by molar-refractivity contribution is -0.121. The smallest absolute Gasteiger partial charge is 0.247 e. The molecule has 162 valence electrons. The van der Waals surface area contributed by atoms with Gasteiger partial charge >= 0.3 is 0 Å². The largest absolute Gasteiger partial charge is 0.332 e. The summed E-state index contributed by atoms with van der Waals surface area (Å²) in [6, 6.07) is 21.9. The summed E-state index contributed by atoms with van der Waals surface area (Å²) >= 11 is 18.7. The highest BCUT2D eigenvalue weighted by Crippen LogP contribution is 2.36. The third-order valence-electron chi connectivity index (χ3n) is 4.67. The molecule has 1 fully saturated rings. The Hall–Kier alpha value is -2.58. The lowest BCUT2D eigenvalue weighted by Crippen LogP contribution is -2.31. The number of anilines is 3. The van der Waals surface area contributed by atoms with Crippen LogP contribution < -0.4 is 15.5 Å². The molecule has 32 heavy (non-hydrogen) atoms. The zero-order chi connectivity index (χ0) is 22.7. The molecule has 3 aromatic rings. The van der Waals surface area contributed by atoms with Crippen LogP contribution in [0.25, 0.3) is 0 Å². The van der Waals surface area contributed by atoms with Crippen LogP contribution in [-0.2, 0) is 9.59 Å². The number of nitrogens with one attached hydrogen (secondary N) is 2. The minimum atomic E-state index is -0.526. The van der Waals surface area contributed by atoms with Gasteiger partial charge in [-0.05, 0) is 60.7 Å². The fourth-order valence-corrected chi connectivity index (χ4v) is 4.86. The van der Waals surface area contributed by atoms with E-state index in [9.17, 15) is 9.59 Å². The molecule has 2 N–H and O–H groups in total. The standard InChI is InChI=1S/C23H17Cl2N3O2S2/c24-18-10-9-16(12-19(18)25)28-21(29)13-20(22(28)30)32-17-8-4-7-15(11-17)27-23(31)26-14-5-2-1-3-6-14/h1-12,20H,13H2,(H2,26,27,31)/t20-/m1/s1. The number of amides is 2. The molecule has 3 aromatic carbocycles. The number of hydrogen-bond acceptors (Lipinski definition) is 4. The number of halogens is 2. The number of nitrogens with zero attached hydrogens (tertiary/aromatic N) is 1. The maximum Gasteiger partial charge on any atom is 0.247 e. The van der Waals surface area contributed by atoms with Gasteiger partial charge in [0.25, 0.3) is 0 Å². The van der Waals surface area contributed by atoms with Gasteiger partial charge in [-0.25, -0.2) is 4.90 Å². The highest BCUT2D eigenvalue weighted by molar-refractivity contribution is 8.00. The first kappa shape index (κ1) is 22.6. The van der Waals surface area contributed by atoms with Crippen LogP contribution in [0, 0.1) is 0 Å². The molecule has 1 aliphatic rings. The Balaban J connectivity index is 1.43. The molecule has 0 radical (unpaired) electrons. The molecule has 1 atom stereocenters. The van der Waals surface area contributed by atoms with E-state index >= 15 is 0 Å². The summed E-state index contributed by atoms with van der Waals surface area (Å²) in [5.74, 6) is -0.550. The van der Waals surface area contributed by atoms with E-state index in [1.807, 2.05) is 54.6 Å². The summed E-state index contributed by atoms with van der Waals surface area (Å²) in [7, 11) is 0. The third-order valence-corrected chi connectivity index (χ3v) is 6.79. The number of carbonyl (C=O) groups is 2. The highest BCUT2D eigenvalue weighted by atomic mass is 35.5. The second-order valence-electron chi connectivity index (χ2n) is 6.95. The van der Waals surface area contributed by atoms with Crippen molar-refractivity contribution in [2.24, 2.45) is 0 Å². The van der Waals surface area contributed by atoms with Crippen LogP contribution >= 0.6 is 47.2 Å². The van der Waals surface area contributed by atoms with Gasteiger partial charge in [-0.2, -0.15) is 0 Å². The number of thiocarbonyl (C=S) groups is 1. The number of thioether (sulfide) groups is 1. The lowest BCUT2D eigenvalue weighted by atomic mass is 10.3. The van der Waals surface area contributed by atoms with E-state index in [0.717, 1.165) is 16.3 Å². The zero-order valence-electron chi connectivity index (χ0n) is 16.5. The van der Waals surface area contributed by atoms with Gasteiger partial charge in [0.1, 0.15) is 0 Å². The Morgan fingerprint density at radius 2 is 1.62 bits per heavy atom. The van der Waals surface area contributed by atoms with Gasteiger partial charge in [0.2, 0.25) is 11.8 Å². The van der Waals surface area contributed by atoms with Crippen molar-refractivity contribution in [3.05, 3.63) is 82.8 Å². The van der Waals surface area contributed by atoms with Gasteiger partial charge in [0.05, 0.1) is 21.0 Å². The predicted octanol–water partition coefficient (Wildman–Crippen LogP) is 6.23. The summed E-state index contributed by atoms with van der Waals surface area (Å²) in [5.41, 5.74) is 2.08. The van der Waals surface area contributed by atoms with Crippen molar-refractivity contribution in [3.8, 4) is 0 Å². The summed E-state index contributed by atoms with van der Waals surface area (Å²) in [6.07, 6.45) is 0.107. The van der Waals surface area contributed by atoms with Crippen molar-refractivity contribution in [2.75, 3.05) is 15.5 Å². The average Bonchev–Trinajstić information content (AvgIpc) is 3.04. The fourth-order valence-electron chi connectivity index (χ4n) is 3.22. The van der Waals surface area contributed by atoms with E-state index in [0.29, 0.717) is 20.8 Å². The van der Waals surface area contributed by atoms with Gasteiger partial charge in [-0.3, -0.25) is 9.59 Å². The van der Waals surface area contributed by atoms with Crippen LogP contribution in [0.1, 0.15) is 6.42 Å².